The molecule has 0 aliphatic carbocycles. The van der Waals surface area contributed by atoms with Crippen LogP contribution in [-0.2, 0) is 19.8 Å². The molecule has 0 atom stereocenters. The van der Waals surface area contributed by atoms with Crippen LogP contribution >= 0.6 is 0 Å². The zero-order valence-corrected chi connectivity index (χ0v) is 7.90. The molecule has 0 unspecified atom stereocenters. The van der Waals surface area contributed by atoms with E-state index in [0.717, 1.165) is 0 Å². The summed E-state index contributed by atoms with van der Waals surface area (Å²) >= 11 is 0.00731. The maximum atomic E-state index is 8.02. The van der Waals surface area contributed by atoms with Gasteiger partial charge in [-0.1, -0.05) is 0 Å². The number of rotatable bonds is 3. The van der Waals surface area contributed by atoms with Crippen LogP contribution in [0.3, 0.4) is 0 Å². The van der Waals surface area contributed by atoms with E-state index < -0.39 is 0 Å². The van der Waals surface area contributed by atoms with Crippen LogP contribution in [0.4, 0.5) is 0 Å². The second-order valence-corrected chi connectivity index (χ2v) is 4.39. The van der Waals surface area contributed by atoms with E-state index in [0.29, 0.717) is 4.76 Å². The zero-order valence-electron chi connectivity index (χ0n) is 5.74. The summed E-state index contributed by atoms with van der Waals surface area (Å²) < 4.78 is 1.94. The normalized spacial score (nSPS) is 9.09. The SMILES string of the molecule is [N-]=[N+]=N[CH2][Au][c]1ccccc1. The Morgan fingerprint density at radius 3 is 2.73 bits per heavy atom. The van der Waals surface area contributed by atoms with Gasteiger partial charge in [0.05, 0.1) is 0 Å². The zero-order chi connectivity index (χ0) is 7.94. The Balaban J connectivity index is 2.45. The number of hydrogen-bond acceptors (Lipinski definition) is 1. The van der Waals surface area contributed by atoms with Crippen molar-refractivity contribution in [3.8, 4) is 0 Å². The van der Waals surface area contributed by atoms with Gasteiger partial charge in [-0.3, -0.25) is 0 Å². The van der Waals surface area contributed by atoms with Gasteiger partial charge in [0, 0.05) is 0 Å². The average Bonchev–Trinajstić information content (AvgIpc) is 2.07. The van der Waals surface area contributed by atoms with Gasteiger partial charge in [0.25, 0.3) is 0 Å². The molecule has 0 heterocycles. The second kappa shape index (κ2) is 4.99. The van der Waals surface area contributed by atoms with Crippen molar-refractivity contribution in [2.75, 3.05) is 4.76 Å². The molecule has 61 valence electrons. The molecule has 3 nitrogen and oxygen atoms in total. The molecular weight excluding hydrogens is 323 g/mol. The Labute approximate surface area is 74.4 Å². The topological polar surface area (TPSA) is 48.8 Å². The van der Waals surface area contributed by atoms with Crippen LogP contribution < -0.4 is 3.78 Å². The van der Waals surface area contributed by atoms with Crippen molar-refractivity contribution < 1.29 is 19.8 Å². The fourth-order valence-electron chi connectivity index (χ4n) is 0.566. The van der Waals surface area contributed by atoms with Gasteiger partial charge in [0.2, 0.25) is 0 Å². The summed E-state index contributed by atoms with van der Waals surface area (Å²) in [6.45, 7) is 0. The van der Waals surface area contributed by atoms with Gasteiger partial charge in [-0.25, -0.2) is 0 Å². The summed E-state index contributed by atoms with van der Waals surface area (Å²) in [5.74, 6) is 0. The Morgan fingerprint density at radius 2 is 2.09 bits per heavy atom. The van der Waals surface area contributed by atoms with Crippen molar-refractivity contribution in [1.29, 1.82) is 0 Å². The third-order valence-electron chi connectivity index (χ3n) is 0.984. The molecule has 0 saturated carbocycles. The molecule has 0 saturated heterocycles. The third kappa shape index (κ3) is 3.25. The molecule has 0 spiro atoms. The number of benzene rings is 1. The van der Waals surface area contributed by atoms with E-state index in [9.17, 15) is 0 Å². The molecule has 0 bridgehead atoms. The molecule has 0 N–H and O–H groups in total. The first kappa shape index (κ1) is 8.37. The average molecular weight is 330 g/mol. The predicted molar refractivity (Wildman–Crippen MR) is 40.1 cm³/mol. The van der Waals surface area contributed by atoms with Crippen molar-refractivity contribution in [3.05, 3.63) is 40.8 Å². The maximum absolute atomic E-state index is 8.02. The van der Waals surface area contributed by atoms with Gasteiger partial charge < -0.3 is 0 Å². The summed E-state index contributed by atoms with van der Waals surface area (Å²) in [6.07, 6.45) is 0. The van der Waals surface area contributed by atoms with E-state index in [1.165, 1.54) is 3.78 Å². The molecular formula is C7H7AuN3. The first-order valence-electron chi connectivity index (χ1n) is 2.99. The minimum atomic E-state index is 0.00731. The Bertz CT molecular complexity index is 254. The molecule has 0 aliphatic rings. The van der Waals surface area contributed by atoms with Gasteiger partial charge in [-0.05, 0) is 0 Å². The van der Waals surface area contributed by atoms with Gasteiger partial charge in [-0.2, -0.15) is 0 Å². The molecule has 0 fully saturated rings. The second-order valence-electron chi connectivity index (χ2n) is 1.68. The van der Waals surface area contributed by atoms with Crippen molar-refractivity contribution in [1.82, 2.24) is 0 Å². The van der Waals surface area contributed by atoms with Crippen LogP contribution in [0.2, 0.25) is 0 Å². The molecule has 0 aromatic heterocycles. The van der Waals surface area contributed by atoms with Crippen molar-refractivity contribution in [2.24, 2.45) is 5.11 Å². The molecule has 0 aliphatic heterocycles. The Morgan fingerprint density at radius 1 is 1.36 bits per heavy atom. The summed E-state index contributed by atoms with van der Waals surface area (Å²) in [7, 11) is 0. The van der Waals surface area contributed by atoms with Crippen LogP contribution in [0.25, 0.3) is 10.4 Å². The van der Waals surface area contributed by atoms with Gasteiger partial charge in [-0.15, -0.1) is 0 Å². The molecule has 0 amide bonds. The van der Waals surface area contributed by atoms with Crippen molar-refractivity contribution in [3.63, 3.8) is 0 Å². The fourth-order valence-corrected chi connectivity index (χ4v) is 2.18. The monoisotopic (exact) mass is 330 g/mol. The number of azide groups is 1. The van der Waals surface area contributed by atoms with E-state index in [1.54, 1.807) is 0 Å². The summed E-state index contributed by atoms with van der Waals surface area (Å²) in [5.41, 5.74) is 8.02. The van der Waals surface area contributed by atoms with Crippen molar-refractivity contribution >= 4 is 3.78 Å². The summed E-state index contributed by atoms with van der Waals surface area (Å²) in [6, 6.07) is 10.1. The standard InChI is InChI=1S/C6H5.CH2N3.Au/c1-2-4-6-5-3-1;1-3-4-2;/h1-5H;1H2;. The van der Waals surface area contributed by atoms with Gasteiger partial charge in [0.15, 0.2) is 0 Å². The number of nitrogens with zero attached hydrogens (tertiary/aromatic N) is 3. The van der Waals surface area contributed by atoms with Crippen LogP contribution in [0.5, 0.6) is 0 Å². The van der Waals surface area contributed by atoms with Crippen molar-refractivity contribution in [2.45, 2.75) is 0 Å². The van der Waals surface area contributed by atoms with Crippen LogP contribution in [0, 0.1) is 0 Å². The quantitative estimate of drug-likeness (QED) is 0.350. The fraction of sp³-hybridized carbons (Fsp3) is 0.143. The molecule has 0 radical (unpaired) electrons. The Hall–Kier alpha value is -0.730. The number of hydrogen-bond donors (Lipinski definition) is 0. The van der Waals surface area contributed by atoms with Crippen LogP contribution in [0.1, 0.15) is 0 Å². The van der Waals surface area contributed by atoms with E-state index in [-0.39, 0.29) is 19.8 Å². The van der Waals surface area contributed by atoms with E-state index in [2.05, 4.69) is 22.2 Å². The van der Waals surface area contributed by atoms with Gasteiger partial charge >= 0.3 is 74.2 Å². The predicted octanol–water partition coefficient (Wildman–Crippen LogP) is 1.66. The molecule has 4 heteroatoms. The van der Waals surface area contributed by atoms with Crippen LogP contribution in [0.15, 0.2) is 35.4 Å². The van der Waals surface area contributed by atoms with E-state index in [1.807, 2.05) is 18.2 Å². The first-order valence-corrected chi connectivity index (χ1v) is 5.61. The van der Waals surface area contributed by atoms with E-state index in [4.69, 9.17) is 5.53 Å². The molecule has 1 aromatic rings. The third-order valence-corrected chi connectivity index (χ3v) is 3.24. The molecule has 1 rings (SSSR count). The van der Waals surface area contributed by atoms with Gasteiger partial charge in [0.1, 0.15) is 0 Å². The Kier molecular flexibility index (Phi) is 3.80. The summed E-state index contributed by atoms with van der Waals surface area (Å²) in [5, 5.41) is 3.49. The van der Waals surface area contributed by atoms with E-state index >= 15 is 0 Å². The summed E-state index contributed by atoms with van der Waals surface area (Å²) in [4.78, 5) is 2.70. The molecule has 11 heavy (non-hydrogen) atoms. The minimum absolute atomic E-state index is 0.00731. The van der Waals surface area contributed by atoms with Crippen LogP contribution in [-0.4, -0.2) is 4.76 Å². The first-order chi connectivity index (χ1) is 5.43. The molecule has 1 aromatic carbocycles.